The van der Waals surface area contributed by atoms with Gasteiger partial charge in [-0.05, 0) is 31.5 Å². The normalized spacial score (nSPS) is 10.7. The Bertz CT molecular complexity index is 537. The van der Waals surface area contributed by atoms with Gasteiger partial charge in [0.25, 0.3) is 0 Å². The first-order valence-corrected chi connectivity index (χ1v) is 10.6. The van der Waals surface area contributed by atoms with E-state index in [0.717, 1.165) is 25.8 Å². The third-order valence-electron chi connectivity index (χ3n) is 4.55. The number of carbonyl (C=O) groups is 1. The van der Waals surface area contributed by atoms with Crippen molar-refractivity contribution in [2.75, 3.05) is 33.4 Å². The lowest BCUT2D eigenvalue weighted by Crippen LogP contribution is -2.11. The van der Waals surface area contributed by atoms with Gasteiger partial charge in [-0.1, -0.05) is 51.4 Å². The van der Waals surface area contributed by atoms with Crippen molar-refractivity contribution in [3.8, 4) is 11.5 Å². The van der Waals surface area contributed by atoms with Gasteiger partial charge in [0.05, 0.1) is 19.3 Å². The number of benzene rings is 1. The number of methoxy groups -OCH3 is 1. The van der Waals surface area contributed by atoms with Crippen molar-refractivity contribution >= 4 is 5.97 Å². The first-order chi connectivity index (χ1) is 13.7. The number of unbranched alkanes of at least 4 members (excludes halogenated alkanes) is 9. The lowest BCUT2D eigenvalue weighted by molar-refractivity contribution is 0.0599. The van der Waals surface area contributed by atoms with Crippen molar-refractivity contribution in [1.82, 2.24) is 0 Å². The summed E-state index contributed by atoms with van der Waals surface area (Å²) in [5, 5.41) is 0. The summed E-state index contributed by atoms with van der Waals surface area (Å²) < 4.78 is 16.1. The average Bonchev–Trinajstić information content (AvgIpc) is 2.72. The lowest BCUT2D eigenvalue weighted by Gasteiger charge is -2.11. The molecule has 0 aliphatic carbocycles. The molecule has 1 rings (SSSR count). The minimum Gasteiger partial charge on any atom is -0.493 e. The Morgan fingerprint density at radius 3 is 1.71 bits per heavy atom. The molecule has 0 heterocycles. The van der Waals surface area contributed by atoms with Crippen molar-refractivity contribution in [1.29, 1.82) is 0 Å². The molecule has 0 unspecified atom stereocenters. The maximum Gasteiger partial charge on any atom is 0.338 e. The van der Waals surface area contributed by atoms with Gasteiger partial charge in [0, 0.05) is 12.6 Å². The van der Waals surface area contributed by atoms with E-state index in [-0.39, 0.29) is 0 Å². The Kier molecular flexibility index (Phi) is 14.0. The predicted molar refractivity (Wildman–Crippen MR) is 113 cm³/mol. The van der Waals surface area contributed by atoms with Gasteiger partial charge in [-0.3, -0.25) is 0 Å². The van der Waals surface area contributed by atoms with Crippen LogP contribution in [0, 0.1) is 0 Å². The van der Waals surface area contributed by atoms with Crippen LogP contribution in [0.1, 0.15) is 74.6 Å². The van der Waals surface area contributed by atoms with E-state index in [4.69, 9.17) is 25.7 Å². The maximum absolute atomic E-state index is 11.8. The summed E-state index contributed by atoms with van der Waals surface area (Å²) in [7, 11) is 1.36. The molecule has 0 bridgehead atoms. The van der Waals surface area contributed by atoms with Gasteiger partial charge in [0.1, 0.15) is 18.1 Å². The third kappa shape index (κ3) is 11.1. The van der Waals surface area contributed by atoms with E-state index in [0.29, 0.717) is 36.8 Å². The Hall–Kier alpha value is -1.79. The van der Waals surface area contributed by atoms with Crippen molar-refractivity contribution < 1.29 is 19.0 Å². The van der Waals surface area contributed by atoms with Crippen LogP contribution in [0.5, 0.6) is 11.5 Å². The van der Waals surface area contributed by atoms with Gasteiger partial charge >= 0.3 is 5.97 Å². The first-order valence-electron chi connectivity index (χ1n) is 10.6. The van der Waals surface area contributed by atoms with Crippen LogP contribution in [0.25, 0.3) is 0 Å². The molecule has 0 aromatic heterocycles. The predicted octanol–water partition coefficient (Wildman–Crippen LogP) is 4.05. The van der Waals surface area contributed by atoms with E-state index in [1.165, 1.54) is 52.1 Å². The second kappa shape index (κ2) is 16.2. The molecule has 0 radical (unpaired) electrons. The fraction of sp³-hybridized carbons (Fsp3) is 0.682. The van der Waals surface area contributed by atoms with Gasteiger partial charge < -0.3 is 25.7 Å². The number of hydrogen-bond donors (Lipinski definition) is 2. The minimum absolute atomic E-state index is 0.386. The van der Waals surface area contributed by atoms with Gasteiger partial charge in [-0.25, -0.2) is 4.79 Å². The van der Waals surface area contributed by atoms with E-state index >= 15 is 0 Å². The third-order valence-corrected chi connectivity index (χ3v) is 4.55. The largest absolute Gasteiger partial charge is 0.493 e. The van der Waals surface area contributed by atoms with E-state index in [1.807, 2.05) is 0 Å². The lowest BCUT2D eigenvalue weighted by atomic mass is 10.1. The molecule has 0 saturated heterocycles. The summed E-state index contributed by atoms with van der Waals surface area (Å²) in [4.78, 5) is 11.8. The molecule has 0 amide bonds. The molecular formula is C22H38N2O4. The summed E-state index contributed by atoms with van der Waals surface area (Å²) in [5.74, 6) is 0.772. The molecule has 1 aromatic rings. The van der Waals surface area contributed by atoms with Gasteiger partial charge in [-0.15, -0.1) is 0 Å². The zero-order valence-electron chi connectivity index (χ0n) is 17.4. The molecule has 6 nitrogen and oxygen atoms in total. The molecular weight excluding hydrogens is 356 g/mol. The van der Waals surface area contributed by atoms with Gasteiger partial charge in [0.15, 0.2) is 0 Å². The van der Waals surface area contributed by atoms with Crippen LogP contribution >= 0.6 is 0 Å². The first kappa shape index (κ1) is 24.2. The smallest absolute Gasteiger partial charge is 0.338 e. The van der Waals surface area contributed by atoms with Crippen LogP contribution in [-0.2, 0) is 4.74 Å². The SMILES string of the molecule is COC(=O)c1cc(OCCN)cc(OCCCCCCCCCCCCN)c1. The molecule has 0 aliphatic rings. The van der Waals surface area contributed by atoms with Crippen molar-refractivity contribution in [2.24, 2.45) is 11.5 Å². The molecule has 0 saturated carbocycles. The van der Waals surface area contributed by atoms with E-state index in [1.54, 1.807) is 18.2 Å². The van der Waals surface area contributed by atoms with Crippen LogP contribution in [0.3, 0.4) is 0 Å². The fourth-order valence-corrected chi connectivity index (χ4v) is 3.00. The molecule has 6 heteroatoms. The highest BCUT2D eigenvalue weighted by molar-refractivity contribution is 5.90. The highest BCUT2D eigenvalue weighted by Crippen LogP contribution is 2.24. The number of esters is 1. The van der Waals surface area contributed by atoms with Crippen LogP contribution in [0.4, 0.5) is 0 Å². The molecule has 4 N–H and O–H groups in total. The monoisotopic (exact) mass is 394 g/mol. The van der Waals surface area contributed by atoms with E-state index in [2.05, 4.69) is 0 Å². The van der Waals surface area contributed by atoms with Crippen molar-refractivity contribution in [3.63, 3.8) is 0 Å². The number of carbonyl (C=O) groups excluding carboxylic acids is 1. The second-order valence-corrected chi connectivity index (χ2v) is 6.99. The number of rotatable bonds is 17. The van der Waals surface area contributed by atoms with E-state index < -0.39 is 5.97 Å². The fourth-order valence-electron chi connectivity index (χ4n) is 3.00. The maximum atomic E-state index is 11.8. The molecule has 0 atom stereocenters. The van der Waals surface area contributed by atoms with Gasteiger partial charge in [-0.2, -0.15) is 0 Å². The topological polar surface area (TPSA) is 96.8 Å². The van der Waals surface area contributed by atoms with Crippen molar-refractivity contribution in [3.05, 3.63) is 23.8 Å². The Morgan fingerprint density at radius 1 is 0.714 bits per heavy atom. The zero-order chi connectivity index (χ0) is 20.5. The van der Waals surface area contributed by atoms with Crippen LogP contribution < -0.4 is 20.9 Å². The Labute approximate surface area is 169 Å². The number of ether oxygens (including phenoxy) is 3. The van der Waals surface area contributed by atoms with Crippen LogP contribution in [-0.4, -0.2) is 39.4 Å². The number of hydrogen-bond acceptors (Lipinski definition) is 6. The summed E-state index contributed by atoms with van der Waals surface area (Å²) in [5.41, 5.74) is 11.4. The summed E-state index contributed by atoms with van der Waals surface area (Å²) in [6.45, 7) is 2.24. The van der Waals surface area contributed by atoms with Crippen molar-refractivity contribution in [2.45, 2.75) is 64.2 Å². The van der Waals surface area contributed by atoms with Gasteiger partial charge in [0.2, 0.25) is 0 Å². The summed E-state index contributed by atoms with van der Waals surface area (Å²) in [6.07, 6.45) is 12.4. The Balaban J connectivity index is 2.22. The highest BCUT2D eigenvalue weighted by atomic mass is 16.5. The number of nitrogens with two attached hydrogens (primary N) is 2. The minimum atomic E-state index is -0.411. The summed E-state index contributed by atoms with van der Waals surface area (Å²) >= 11 is 0. The molecule has 28 heavy (non-hydrogen) atoms. The van der Waals surface area contributed by atoms with E-state index in [9.17, 15) is 4.79 Å². The molecule has 0 spiro atoms. The molecule has 0 fully saturated rings. The standard InChI is InChI=1S/C22H38N2O4/c1-26-22(25)19-16-20(18-21(17-19)28-15-13-24)27-14-11-9-7-5-3-2-4-6-8-10-12-23/h16-18H,2-15,23-24H2,1H3. The van der Waals surface area contributed by atoms with Crippen LogP contribution in [0.15, 0.2) is 18.2 Å². The molecule has 0 aliphatic heterocycles. The van der Waals surface area contributed by atoms with Crippen LogP contribution in [0.2, 0.25) is 0 Å². The average molecular weight is 395 g/mol. The summed E-state index contributed by atoms with van der Waals surface area (Å²) in [6, 6.07) is 5.11. The molecule has 1 aromatic carbocycles. The molecule has 160 valence electrons. The quantitative estimate of drug-likeness (QED) is 0.306. The highest BCUT2D eigenvalue weighted by Gasteiger charge is 2.10. The Morgan fingerprint density at radius 2 is 1.21 bits per heavy atom. The second-order valence-electron chi connectivity index (χ2n) is 6.99. The zero-order valence-corrected chi connectivity index (χ0v) is 17.4.